The predicted molar refractivity (Wildman–Crippen MR) is 53.4 cm³/mol. The molecule has 6 nitrogen and oxygen atoms in total. The van der Waals surface area contributed by atoms with Crippen molar-refractivity contribution in [1.82, 2.24) is 5.32 Å². The van der Waals surface area contributed by atoms with Crippen molar-refractivity contribution in [3.63, 3.8) is 0 Å². The third-order valence-electron chi connectivity index (χ3n) is 2.30. The molecular formula is C9H19NO5. The van der Waals surface area contributed by atoms with Crippen LogP contribution in [-0.2, 0) is 4.79 Å². The van der Waals surface area contributed by atoms with Crippen LogP contribution in [0, 0.1) is 5.92 Å². The SMILES string of the molecule is CC(C)C(NC(CO)(CO)CO)C(=O)O. The van der Waals surface area contributed by atoms with Crippen molar-refractivity contribution in [3.05, 3.63) is 0 Å². The van der Waals surface area contributed by atoms with E-state index in [1.165, 1.54) is 0 Å². The van der Waals surface area contributed by atoms with Crippen LogP contribution >= 0.6 is 0 Å². The van der Waals surface area contributed by atoms with Crippen LogP contribution in [0.4, 0.5) is 0 Å². The average molecular weight is 221 g/mol. The minimum Gasteiger partial charge on any atom is -0.480 e. The summed E-state index contributed by atoms with van der Waals surface area (Å²) in [6, 6.07) is -0.920. The predicted octanol–water partition coefficient (Wildman–Crippen LogP) is -1.60. The summed E-state index contributed by atoms with van der Waals surface area (Å²) in [4.78, 5) is 10.9. The Balaban J connectivity index is 4.68. The largest absolute Gasteiger partial charge is 0.480 e. The molecule has 0 aromatic carbocycles. The van der Waals surface area contributed by atoms with Crippen LogP contribution in [0.15, 0.2) is 0 Å². The van der Waals surface area contributed by atoms with Gasteiger partial charge in [-0.05, 0) is 5.92 Å². The number of carbonyl (C=O) groups is 1. The van der Waals surface area contributed by atoms with Gasteiger partial charge in [-0.3, -0.25) is 10.1 Å². The zero-order valence-electron chi connectivity index (χ0n) is 8.97. The van der Waals surface area contributed by atoms with E-state index in [1.807, 2.05) is 0 Å². The third kappa shape index (κ3) is 3.75. The van der Waals surface area contributed by atoms with Crippen LogP contribution in [-0.4, -0.2) is 57.8 Å². The van der Waals surface area contributed by atoms with Gasteiger partial charge in [-0.15, -0.1) is 0 Å². The number of hydrogen-bond acceptors (Lipinski definition) is 5. The lowest BCUT2D eigenvalue weighted by Crippen LogP contribution is -2.61. The van der Waals surface area contributed by atoms with E-state index in [9.17, 15) is 4.79 Å². The van der Waals surface area contributed by atoms with Crippen LogP contribution in [0.2, 0.25) is 0 Å². The van der Waals surface area contributed by atoms with Gasteiger partial charge in [0.1, 0.15) is 6.04 Å². The molecule has 6 heteroatoms. The van der Waals surface area contributed by atoms with Crippen LogP contribution in [0.25, 0.3) is 0 Å². The smallest absolute Gasteiger partial charge is 0.320 e. The second-order valence-electron chi connectivity index (χ2n) is 3.96. The first-order chi connectivity index (χ1) is 6.92. The van der Waals surface area contributed by atoms with Gasteiger partial charge in [0, 0.05) is 0 Å². The topological polar surface area (TPSA) is 110 Å². The maximum Gasteiger partial charge on any atom is 0.320 e. The van der Waals surface area contributed by atoms with Crippen molar-refractivity contribution in [2.75, 3.05) is 19.8 Å². The van der Waals surface area contributed by atoms with Gasteiger partial charge in [0.05, 0.1) is 25.4 Å². The number of aliphatic hydroxyl groups is 3. The highest BCUT2D eigenvalue weighted by Gasteiger charge is 2.34. The number of carboxylic acids is 1. The molecular weight excluding hydrogens is 202 g/mol. The van der Waals surface area contributed by atoms with Crippen molar-refractivity contribution >= 4 is 5.97 Å². The van der Waals surface area contributed by atoms with Crippen molar-refractivity contribution in [3.8, 4) is 0 Å². The summed E-state index contributed by atoms with van der Waals surface area (Å²) >= 11 is 0. The van der Waals surface area contributed by atoms with E-state index < -0.39 is 37.4 Å². The van der Waals surface area contributed by atoms with Crippen LogP contribution in [0.3, 0.4) is 0 Å². The van der Waals surface area contributed by atoms with Crippen LogP contribution in [0.5, 0.6) is 0 Å². The summed E-state index contributed by atoms with van der Waals surface area (Å²) < 4.78 is 0. The Hall–Kier alpha value is -0.690. The fourth-order valence-electron chi connectivity index (χ4n) is 1.13. The number of nitrogens with one attached hydrogen (secondary N) is 1. The molecule has 0 saturated carbocycles. The maximum atomic E-state index is 10.9. The number of aliphatic carboxylic acids is 1. The molecule has 0 spiro atoms. The molecule has 0 radical (unpaired) electrons. The summed E-state index contributed by atoms with van der Waals surface area (Å²) in [5.41, 5.74) is -1.35. The molecule has 0 amide bonds. The van der Waals surface area contributed by atoms with E-state index in [0.29, 0.717) is 0 Å². The molecule has 0 aromatic rings. The first-order valence-corrected chi connectivity index (χ1v) is 4.75. The van der Waals surface area contributed by atoms with Gasteiger partial charge in [-0.1, -0.05) is 13.8 Å². The van der Waals surface area contributed by atoms with Gasteiger partial charge in [-0.2, -0.15) is 0 Å². The zero-order valence-corrected chi connectivity index (χ0v) is 8.97. The number of hydrogen-bond donors (Lipinski definition) is 5. The van der Waals surface area contributed by atoms with Gasteiger partial charge in [0.25, 0.3) is 0 Å². The Bertz CT molecular complexity index is 194. The Morgan fingerprint density at radius 2 is 1.60 bits per heavy atom. The van der Waals surface area contributed by atoms with Gasteiger partial charge in [-0.25, -0.2) is 0 Å². The van der Waals surface area contributed by atoms with Gasteiger partial charge in [0.15, 0.2) is 0 Å². The van der Waals surface area contributed by atoms with E-state index >= 15 is 0 Å². The second-order valence-corrected chi connectivity index (χ2v) is 3.96. The summed E-state index contributed by atoms with van der Waals surface area (Å²) in [6.45, 7) is 1.80. The Morgan fingerprint density at radius 3 is 1.80 bits per heavy atom. The monoisotopic (exact) mass is 221 g/mol. The fraction of sp³-hybridized carbons (Fsp3) is 0.889. The highest BCUT2D eigenvalue weighted by atomic mass is 16.4. The lowest BCUT2D eigenvalue weighted by Gasteiger charge is -2.33. The van der Waals surface area contributed by atoms with Crippen LogP contribution < -0.4 is 5.32 Å². The van der Waals surface area contributed by atoms with E-state index in [1.54, 1.807) is 13.8 Å². The van der Waals surface area contributed by atoms with E-state index in [4.69, 9.17) is 20.4 Å². The van der Waals surface area contributed by atoms with E-state index in [-0.39, 0.29) is 5.92 Å². The molecule has 15 heavy (non-hydrogen) atoms. The molecule has 0 saturated heterocycles. The molecule has 0 bridgehead atoms. The summed E-state index contributed by atoms with van der Waals surface area (Å²) in [5.74, 6) is -1.30. The molecule has 0 aliphatic rings. The molecule has 0 heterocycles. The average Bonchev–Trinajstić information content (AvgIpc) is 2.20. The zero-order chi connectivity index (χ0) is 12.1. The number of rotatable bonds is 7. The lowest BCUT2D eigenvalue weighted by molar-refractivity contribution is -0.142. The van der Waals surface area contributed by atoms with E-state index in [2.05, 4.69) is 5.32 Å². The van der Waals surface area contributed by atoms with Gasteiger partial charge >= 0.3 is 5.97 Å². The van der Waals surface area contributed by atoms with Gasteiger partial charge in [0.2, 0.25) is 0 Å². The number of carboxylic acid groups (broad SMARTS) is 1. The van der Waals surface area contributed by atoms with Crippen molar-refractivity contribution < 1.29 is 25.2 Å². The summed E-state index contributed by atoms with van der Waals surface area (Å²) in [7, 11) is 0. The second kappa shape index (κ2) is 6.02. The fourth-order valence-corrected chi connectivity index (χ4v) is 1.13. The first-order valence-electron chi connectivity index (χ1n) is 4.75. The Labute approximate surface area is 88.5 Å². The van der Waals surface area contributed by atoms with Crippen molar-refractivity contribution in [2.45, 2.75) is 25.4 Å². The summed E-state index contributed by atoms with van der Waals surface area (Å²) in [6.07, 6.45) is 0. The van der Waals surface area contributed by atoms with Crippen molar-refractivity contribution in [1.29, 1.82) is 0 Å². The van der Waals surface area contributed by atoms with E-state index in [0.717, 1.165) is 0 Å². The minimum absolute atomic E-state index is 0.216. The maximum absolute atomic E-state index is 10.9. The highest BCUT2D eigenvalue weighted by molar-refractivity contribution is 5.73. The first kappa shape index (κ1) is 14.3. The minimum atomic E-state index is -1.35. The molecule has 1 unspecified atom stereocenters. The highest BCUT2D eigenvalue weighted by Crippen LogP contribution is 2.09. The normalized spacial score (nSPS) is 14.3. The molecule has 0 rings (SSSR count). The third-order valence-corrected chi connectivity index (χ3v) is 2.30. The Morgan fingerprint density at radius 1 is 1.20 bits per heavy atom. The lowest BCUT2D eigenvalue weighted by atomic mass is 9.97. The molecule has 1 atom stereocenters. The molecule has 0 aliphatic carbocycles. The summed E-state index contributed by atoms with van der Waals surface area (Å²) in [5, 5.41) is 38.5. The molecule has 0 fully saturated rings. The number of aliphatic hydroxyl groups excluding tert-OH is 3. The quantitative estimate of drug-likeness (QED) is 0.354. The van der Waals surface area contributed by atoms with Crippen molar-refractivity contribution in [2.24, 2.45) is 5.92 Å². The standard InChI is InChI=1S/C9H19NO5/c1-6(2)7(8(14)15)10-9(3-11,4-12)5-13/h6-7,10-13H,3-5H2,1-2H3,(H,14,15). The molecule has 0 aromatic heterocycles. The van der Waals surface area contributed by atoms with Gasteiger partial charge < -0.3 is 20.4 Å². The van der Waals surface area contributed by atoms with Crippen LogP contribution in [0.1, 0.15) is 13.8 Å². The Kier molecular flexibility index (Phi) is 5.74. The molecule has 90 valence electrons. The molecule has 0 aliphatic heterocycles. The molecule has 5 N–H and O–H groups in total.